The monoisotopic (exact) mass is 232 g/mol. The number of Topliss-reactive ketones (excluding diaryl/α,β-unsaturated/α-hetero) is 2. The van der Waals surface area contributed by atoms with Crippen molar-refractivity contribution in [2.75, 3.05) is 0 Å². The molecule has 5 aliphatic rings. The fraction of sp³-hybridized carbons (Fsp3) is 0.867. The summed E-state index contributed by atoms with van der Waals surface area (Å²) in [5, 5.41) is 0. The van der Waals surface area contributed by atoms with Crippen molar-refractivity contribution in [1.82, 2.24) is 0 Å². The minimum absolute atomic E-state index is 0.198. The van der Waals surface area contributed by atoms with E-state index in [1.165, 1.54) is 0 Å². The number of hydrogen-bond acceptors (Lipinski definition) is 2. The van der Waals surface area contributed by atoms with Crippen LogP contribution in [0.3, 0.4) is 0 Å². The quantitative estimate of drug-likeness (QED) is 0.643. The predicted octanol–water partition coefficient (Wildman–Crippen LogP) is 2.61. The Balaban J connectivity index is 1.94. The van der Waals surface area contributed by atoms with Gasteiger partial charge in [0.25, 0.3) is 0 Å². The Hall–Kier alpha value is -0.660. The van der Waals surface area contributed by atoms with Gasteiger partial charge in [-0.05, 0) is 36.5 Å². The molecule has 4 bridgehead atoms. The van der Waals surface area contributed by atoms with Crippen molar-refractivity contribution < 1.29 is 9.59 Å². The van der Waals surface area contributed by atoms with Crippen LogP contribution in [0, 0.1) is 34.0 Å². The summed E-state index contributed by atoms with van der Waals surface area (Å²) < 4.78 is 0. The van der Waals surface area contributed by atoms with E-state index in [0.717, 1.165) is 19.3 Å². The summed E-state index contributed by atoms with van der Waals surface area (Å²) in [5.74, 6) is 2.06. The molecule has 5 saturated carbocycles. The van der Waals surface area contributed by atoms with E-state index in [1.807, 2.05) is 0 Å². The zero-order valence-electron chi connectivity index (χ0n) is 10.9. The minimum atomic E-state index is -0.334. The lowest BCUT2D eigenvalue weighted by atomic mass is 9.44. The van der Waals surface area contributed by atoms with Gasteiger partial charge in [-0.3, -0.25) is 9.59 Å². The first kappa shape index (κ1) is 10.3. The van der Waals surface area contributed by atoms with Crippen LogP contribution in [0.2, 0.25) is 0 Å². The first-order chi connectivity index (χ1) is 7.88. The molecule has 0 aromatic heterocycles. The number of carbonyl (C=O) groups excluding carboxylic acids is 2. The molecule has 0 saturated heterocycles. The number of ketones is 2. The molecule has 5 aliphatic carbocycles. The van der Waals surface area contributed by atoms with E-state index < -0.39 is 0 Å². The van der Waals surface area contributed by atoms with Gasteiger partial charge < -0.3 is 0 Å². The Morgan fingerprint density at radius 2 is 1.94 bits per heavy atom. The highest BCUT2D eigenvalue weighted by Crippen LogP contribution is 2.84. The van der Waals surface area contributed by atoms with Gasteiger partial charge in [-0.1, -0.05) is 20.8 Å². The first-order valence-electron chi connectivity index (χ1n) is 6.95. The summed E-state index contributed by atoms with van der Waals surface area (Å²) in [7, 11) is 0. The number of carbonyl (C=O) groups is 2. The van der Waals surface area contributed by atoms with Gasteiger partial charge in [-0.2, -0.15) is 0 Å². The molecule has 2 heteroatoms. The second-order valence-corrected chi connectivity index (χ2v) is 7.48. The number of rotatable bonds is 0. The average Bonchev–Trinajstić information content (AvgIpc) is 2.71. The maximum absolute atomic E-state index is 12.8. The van der Waals surface area contributed by atoms with Crippen LogP contribution >= 0.6 is 0 Å². The van der Waals surface area contributed by atoms with Crippen LogP contribution in [0.4, 0.5) is 0 Å². The lowest BCUT2D eigenvalue weighted by Crippen LogP contribution is -2.61. The van der Waals surface area contributed by atoms with E-state index in [1.54, 1.807) is 0 Å². The molecular formula is C15H20O2. The van der Waals surface area contributed by atoms with Crippen LogP contribution in [0.1, 0.15) is 46.5 Å². The topological polar surface area (TPSA) is 34.1 Å². The Morgan fingerprint density at radius 1 is 1.24 bits per heavy atom. The largest absolute Gasteiger partial charge is 0.299 e. The van der Waals surface area contributed by atoms with Crippen LogP contribution in [-0.4, -0.2) is 11.6 Å². The highest BCUT2D eigenvalue weighted by molar-refractivity contribution is 6.03. The van der Waals surface area contributed by atoms with E-state index in [4.69, 9.17) is 0 Å². The van der Waals surface area contributed by atoms with Gasteiger partial charge in [0, 0.05) is 23.2 Å². The Morgan fingerprint density at radius 3 is 2.53 bits per heavy atom. The van der Waals surface area contributed by atoms with Crippen LogP contribution in [0.25, 0.3) is 0 Å². The molecule has 0 heterocycles. The normalized spacial score (nSPS) is 63.6. The summed E-state index contributed by atoms with van der Waals surface area (Å²) in [6, 6.07) is 0. The third kappa shape index (κ3) is 0.750. The molecule has 1 spiro atoms. The van der Waals surface area contributed by atoms with Gasteiger partial charge in [0.15, 0.2) is 0 Å². The zero-order chi connectivity index (χ0) is 12.2. The standard InChI is InChI=1S/C15H20O2/c1-8-4-5-10(16)15-6-9-11(13(9,2)7-15)12(17)14(8,15)3/h8-9,11H,4-7H2,1-3H3/t8-,9-,11-,13-,14-,15-/m1/s1. The van der Waals surface area contributed by atoms with Crippen molar-refractivity contribution in [3.8, 4) is 0 Å². The molecule has 0 aromatic carbocycles. The first-order valence-corrected chi connectivity index (χ1v) is 6.95. The van der Waals surface area contributed by atoms with Crippen molar-refractivity contribution >= 4 is 11.6 Å². The van der Waals surface area contributed by atoms with Gasteiger partial charge in [0.2, 0.25) is 0 Å². The van der Waals surface area contributed by atoms with Crippen molar-refractivity contribution in [3.63, 3.8) is 0 Å². The molecule has 2 nitrogen and oxygen atoms in total. The fourth-order valence-corrected chi connectivity index (χ4v) is 5.88. The van der Waals surface area contributed by atoms with E-state index in [0.29, 0.717) is 35.7 Å². The molecule has 0 unspecified atom stereocenters. The van der Waals surface area contributed by atoms with E-state index in [-0.39, 0.29) is 16.2 Å². The Kier molecular flexibility index (Phi) is 1.44. The van der Waals surface area contributed by atoms with Crippen molar-refractivity contribution in [3.05, 3.63) is 0 Å². The lowest BCUT2D eigenvalue weighted by molar-refractivity contribution is -0.170. The molecule has 17 heavy (non-hydrogen) atoms. The minimum Gasteiger partial charge on any atom is -0.299 e. The molecule has 0 aliphatic heterocycles. The van der Waals surface area contributed by atoms with Gasteiger partial charge >= 0.3 is 0 Å². The Labute approximate surface area is 102 Å². The molecule has 92 valence electrons. The van der Waals surface area contributed by atoms with Gasteiger partial charge in [0.1, 0.15) is 11.6 Å². The predicted molar refractivity (Wildman–Crippen MR) is 63.3 cm³/mol. The van der Waals surface area contributed by atoms with E-state index >= 15 is 0 Å². The number of hydrogen-bond donors (Lipinski definition) is 0. The van der Waals surface area contributed by atoms with Crippen molar-refractivity contribution in [2.45, 2.75) is 46.5 Å². The van der Waals surface area contributed by atoms with Crippen LogP contribution in [-0.2, 0) is 9.59 Å². The highest BCUT2D eigenvalue weighted by Gasteiger charge is 2.84. The van der Waals surface area contributed by atoms with E-state index in [9.17, 15) is 9.59 Å². The van der Waals surface area contributed by atoms with Crippen molar-refractivity contribution in [1.29, 1.82) is 0 Å². The molecule has 0 aromatic rings. The van der Waals surface area contributed by atoms with Crippen molar-refractivity contribution in [2.24, 2.45) is 34.0 Å². The lowest BCUT2D eigenvalue weighted by Gasteiger charge is -2.56. The third-order valence-electron chi connectivity index (χ3n) is 7.21. The molecule has 0 radical (unpaired) electrons. The summed E-state index contributed by atoms with van der Waals surface area (Å²) in [5.41, 5.74) is -0.404. The highest BCUT2D eigenvalue weighted by atomic mass is 16.1. The molecule has 0 N–H and O–H groups in total. The summed E-state index contributed by atoms with van der Waals surface area (Å²) >= 11 is 0. The summed E-state index contributed by atoms with van der Waals surface area (Å²) in [6.45, 7) is 6.52. The summed E-state index contributed by atoms with van der Waals surface area (Å²) in [4.78, 5) is 25.3. The van der Waals surface area contributed by atoms with Gasteiger partial charge in [-0.15, -0.1) is 0 Å². The molecule has 6 atom stereocenters. The Bertz CT molecular complexity index is 468. The molecule has 0 amide bonds. The fourth-order valence-electron chi connectivity index (χ4n) is 5.88. The second-order valence-electron chi connectivity index (χ2n) is 7.48. The zero-order valence-corrected chi connectivity index (χ0v) is 10.9. The molecule has 5 rings (SSSR count). The van der Waals surface area contributed by atoms with Gasteiger partial charge in [0.05, 0.1) is 0 Å². The van der Waals surface area contributed by atoms with Crippen LogP contribution in [0.15, 0.2) is 0 Å². The average molecular weight is 232 g/mol. The maximum Gasteiger partial charge on any atom is 0.143 e. The molecular weight excluding hydrogens is 212 g/mol. The van der Waals surface area contributed by atoms with Crippen LogP contribution < -0.4 is 0 Å². The summed E-state index contributed by atoms with van der Waals surface area (Å²) in [6.07, 6.45) is 3.63. The SMILES string of the molecule is C[C@@H]1CCC(=O)[C@]23C[C@@H]4[C@H](C(=O)[C@@]12C)[C@]4(C)C3. The van der Waals surface area contributed by atoms with Crippen LogP contribution in [0.5, 0.6) is 0 Å². The third-order valence-corrected chi connectivity index (χ3v) is 7.21. The smallest absolute Gasteiger partial charge is 0.143 e. The maximum atomic E-state index is 12.8. The van der Waals surface area contributed by atoms with E-state index in [2.05, 4.69) is 20.8 Å². The molecule has 5 fully saturated rings. The van der Waals surface area contributed by atoms with Gasteiger partial charge in [-0.25, -0.2) is 0 Å². The second kappa shape index (κ2) is 2.39.